The molecule has 0 bridgehead atoms. The smallest absolute Gasteiger partial charge is 0.258 e. The third-order valence-corrected chi connectivity index (χ3v) is 4.93. The average molecular weight is 338 g/mol. The summed E-state index contributed by atoms with van der Waals surface area (Å²) in [6, 6.07) is 3.69. The summed E-state index contributed by atoms with van der Waals surface area (Å²) < 4.78 is 1.51. The number of carbonyl (C=O) groups excluding carboxylic acids is 1. The van der Waals surface area contributed by atoms with Crippen LogP contribution in [0.1, 0.15) is 52.3 Å². The summed E-state index contributed by atoms with van der Waals surface area (Å²) in [5, 5.41) is 16.1. The van der Waals surface area contributed by atoms with Crippen LogP contribution >= 0.6 is 0 Å². The van der Waals surface area contributed by atoms with Crippen molar-refractivity contribution in [1.29, 1.82) is 0 Å². The van der Waals surface area contributed by atoms with Gasteiger partial charge in [0.2, 0.25) is 0 Å². The summed E-state index contributed by atoms with van der Waals surface area (Å²) in [5.41, 5.74) is 5.56. The Kier molecular flexibility index (Phi) is 3.99. The van der Waals surface area contributed by atoms with E-state index in [4.69, 9.17) is 0 Å². The molecule has 0 saturated heterocycles. The van der Waals surface area contributed by atoms with E-state index in [-0.39, 0.29) is 5.91 Å². The molecule has 1 N–H and O–H groups in total. The van der Waals surface area contributed by atoms with Crippen molar-refractivity contribution >= 4 is 11.4 Å². The predicted molar refractivity (Wildman–Crippen MR) is 93.4 cm³/mol. The van der Waals surface area contributed by atoms with Crippen molar-refractivity contribution in [3.63, 3.8) is 0 Å². The Labute approximate surface area is 146 Å². The van der Waals surface area contributed by atoms with Gasteiger partial charge in [0.15, 0.2) is 0 Å². The Morgan fingerprint density at radius 1 is 1.32 bits per heavy atom. The molecule has 130 valence electrons. The van der Waals surface area contributed by atoms with Gasteiger partial charge in [-0.1, -0.05) is 6.42 Å². The molecule has 0 aromatic carbocycles. The Morgan fingerprint density at radius 2 is 2.16 bits per heavy atom. The van der Waals surface area contributed by atoms with E-state index in [1.165, 1.54) is 35.1 Å². The monoisotopic (exact) mass is 338 g/mol. The number of aryl methyl sites for hydroxylation is 2. The molecule has 0 radical (unpaired) electrons. The van der Waals surface area contributed by atoms with E-state index in [0.29, 0.717) is 17.8 Å². The third kappa shape index (κ3) is 2.79. The van der Waals surface area contributed by atoms with Crippen LogP contribution in [-0.4, -0.2) is 42.9 Å². The molecule has 1 amide bonds. The van der Waals surface area contributed by atoms with E-state index in [9.17, 15) is 4.79 Å². The van der Waals surface area contributed by atoms with Crippen LogP contribution in [0.4, 0.5) is 0 Å². The first-order valence-electron chi connectivity index (χ1n) is 8.76. The number of hydrogen-bond donors (Lipinski definition) is 1. The summed E-state index contributed by atoms with van der Waals surface area (Å²) in [7, 11) is 1.82. The van der Waals surface area contributed by atoms with E-state index in [1.807, 2.05) is 26.1 Å². The standard InChI is InChI=1S/C18H22N6O/c1-12-17(16-9-6-10-19-24(16)22-12)18(25)23(2)11-15-13-7-4-3-5-8-14(13)20-21-15/h6,9-10H,3-5,7-8,11H2,1-2H3,(H,20,21). The van der Waals surface area contributed by atoms with Crippen molar-refractivity contribution < 1.29 is 4.79 Å². The topological polar surface area (TPSA) is 79.2 Å². The number of fused-ring (bicyclic) bond motifs is 2. The number of rotatable bonds is 3. The number of nitrogens with one attached hydrogen (secondary N) is 1. The quantitative estimate of drug-likeness (QED) is 0.743. The minimum atomic E-state index is -0.0501. The SMILES string of the molecule is Cc1nn2ncccc2c1C(=O)N(C)Cc1n[nH]c2c1CCCCC2. The highest BCUT2D eigenvalue weighted by atomic mass is 16.2. The lowest BCUT2D eigenvalue weighted by Gasteiger charge is -2.16. The lowest BCUT2D eigenvalue weighted by atomic mass is 10.1. The Hall–Kier alpha value is -2.70. The number of H-pyrrole nitrogens is 1. The largest absolute Gasteiger partial charge is 0.336 e. The van der Waals surface area contributed by atoms with Crippen LogP contribution in [0.15, 0.2) is 18.3 Å². The zero-order chi connectivity index (χ0) is 17.4. The molecule has 4 rings (SSSR count). The fraction of sp³-hybridized carbons (Fsp3) is 0.444. The highest BCUT2D eigenvalue weighted by Crippen LogP contribution is 2.23. The normalized spacial score (nSPS) is 14.3. The Bertz CT molecular complexity index is 925. The molecule has 0 fully saturated rings. The van der Waals surface area contributed by atoms with Gasteiger partial charge in [-0.2, -0.15) is 19.9 Å². The van der Waals surface area contributed by atoms with Gasteiger partial charge in [-0.25, -0.2) is 0 Å². The fourth-order valence-electron chi connectivity index (χ4n) is 3.61. The van der Waals surface area contributed by atoms with Gasteiger partial charge in [-0.05, 0) is 50.3 Å². The fourth-order valence-corrected chi connectivity index (χ4v) is 3.61. The number of carbonyl (C=O) groups is 1. The van der Waals surface area contributed by atoms with E-state index >= 15 is 0 Å². The molecule has 0 aliphatic heterocycles. The van der Waals surface area contributed by atoms with Gasteiger partial charge in [0.05, 0.1) is 23.5 Å². The highest BCUT2D eigenvalue weighted by molar-refractivity contribution is 6.01. The second kappa shape index (κ2) is 6.31. The number of hydrogen-bond acceptors (Lipinski definition) is 4. The van der Waals surface area contributed by atoms with Crippen molar-refractivity contribution in [2.75, 3.05) is 7.05 Å². The Morgan fingerprint density at radius 3 is 3.04 bits per heavy atom. The lowest BCUT2D eigenvalue weighted by Crippen LogP contribution is -2.27. The summed E-state index contributed by atoms with van der Waals surface area (Å²) >= 11 is 0. The molecule has 7 heteroatoms. The average Bonchev–Trinajstić information content (AvgIpc) is 3.04. The molecule has 0 unspecified atom stereocenters. The van der Waals surface area contributed by atoms with Gasteiger partial charge in [0.1, 0.15) is 5.52 Å². The van der Waals surface area contributed by atoms with Crippen LogP contribution < -0.4 is 0 Å². The van der Waals surface area contributed by atoms with E-state index < -0.39 is 0 Å². The first-order valence-corrected chi connectivity index (χ1v) is 8.76. The van der Waals surface area contributed by atoms with Gasteiger partial charge in [0, 0.05) is 18.9 Å². The molecule has 25 heavy (non-hydrogen) atoms. The zero-order valence-corrected chi connectivity index (χ0v) is 14.6. The number of amides is 1. The molecule has 7 nitrogen and oxygen atoms in total. The zero-order valence-electron chi connectivity index (χ0n) is 14.6. The molecular weight excluding hydrogens is 316 g/mol. The first kappa shape index (κ1) is 15.8. The van der Waals surface area contributed by atoms with Crippen LogP contribution in [-0.2, 0) is 19.4 Å². The van der Waals surface area contributed by atoms with E-state index in [2.05, 4.69) is 20.4 Å². The summed E-state index contributed by atoms with van der Waals surface area (Å²) in [5.74, 6) is -0.0501. The van der Waals surface area contributed by atoms with Gasteiger partial charge < -0.3 is 4.90 Å². The number of aromatic amines is 1. The van der Waals surface area contributed by atoms with Gasteiger partial charge in [0.25, 0.3) is 5.91 Å². The van der Waals surface area contributed by atoms with E-state index in [1.54, 1.807) is 11.1 Å². The molecule has 1 aliphatic carbocycles. The molecule has 0 atom stereocenters. The molecule has 0 spiro atoms. The van der Waals surface area contributed by atoms with Gasteiger partial charge >= 0.3 is 0 Å². The van der Waals surface area contributed by atoms with Crippen molar-refractivity contribution in [2.45, 2.75) is 45.6 Å². The van der Waals surface area contributed by atoms with Crippen LogP contribution in [0.5, 0.6) is 0 Å². The van der Waals surface area contributed by atoms with Crippen molar-refractivity contribution in [3.05, 3.63) is 46.5 Å². The van der Waals surface area contributed by atoms with Crippen LogP contribution in [0, 0.1) is 6.92 Å². The molecule has 3 aromatic rings. The molecule has 1 aliphatic rings. The van der Waals surface area contributed by atoms with Crippen molar-refractivity contribution in [2.24, 2.45) is 0 Å². The van der Waals surface area contributed by atoms with Crippen LogP contribution in [0.25, 0.3) is 5.52 Å². The van der Waals surface area contributed by atoms with E-state index in [0.717, 1.165) is 24.1 Å². The maximum Gasteiger partial charge on any atom is 0.258 e. The third-order valence-electron chi connectivity index (χ3n) is 4.93. The predicted octanol–water partition coefficient (Wildman–Crippen LogP) is 2.30. The second-order valence-electron chi connectivity index (χ2n) is 6.71. The van der Waals surface area contributed by atoms with Crippen LogP contribution in [0.3, 0.4) is 0 Å². The second-order valence-corrected chi connectivity index (χ2v) is 6.71. The van der Waals surface area contributed by atoms with Crippen molar-refractivity contribution in [3.8, 4) is 0 Å². The highest BCUT2D eigenvalue weighted by Gasteiger charge is 2.23. The molecular formula is C18H22N6O. The lowest BCUT2D eigenvalue weighted by molar-refractivity contribution is 0.0784. The minimum Gasteiger partial charge on any atom is -0.336 e. The minimum absolute atomic E-state index is 0.0501. The number of nitrogens with zero attached hydrogens (tertiary/aromatic N) is 5. The Balaban J connectivity index is 1.61. The van der Waals surface area contributed by atoms with Crippen LogP contribution in [0.2, 0.25) is 0 Å². The summed E-state index contributed by atoms with van der Waals surface area (Å²) in [6.07, 6.45) is 7.41. The maximum atomic E-state index is 13.0. The number of aromatic nitrogens is 5. The van der Waals surface area contributed by atoms with Gasteiger partial charge in [-0.15, -0.1) is 0 Å². The summed E-state index contributed by atoms with van der Waals surface area (Å²) in [4.78, 5) is 14.7. The van der Waals surface area contributed by atoms with Gasteiger partial charge in [-0.3, -0.25) is 9.89 Å². The summed E-state index contributed by atoms with van der Waals surface area (Å²) in [6.45, 7) is 2.35. The maximum absolute atomic E-state index is 13.0. The molecule has 0 saturated carbocycles. The molecule has 3 aromatic heterocycles. The van der Waals surface area contributed by atoms with Crippen molar-refractivity contribution in [1.82, 2.24) is 29.9 Å². The molecule has 3 heterocycles. The first-order chi connectivity index (χ1) is 12.1.